The smallest absolute Gasteiger partial charge is 0.165 e. The van der Waals surface area contributed by atoms with Gasteiger partial charge in [0.2, 0.25) is 0 Å². The molecule has 0 aliphatic rings. The van der Waals surface area contributed by atoms with E-state index in [0.717, 1.165) is 0 Å². The maximum atomic E-state index is 11.8. The SMILES string of the molecule is C[C@H](NCN[C@@H](CS)C(=O)P)C(=O)CC(=O)[C@@H](N)CS. The minimum Gasteiger partial charge on any atom is -0.321 e. The van der Waals surface area contributed by atoms with Crippen molar-refractivity contribution in [3.8, 4) is 0 Å². The molecule has 0 rings (SSSR count). The second-order valence-electron chi connectivity index (χ2n) is 4.34. The summed E-state index contributed by atoms with van der Waals surface area (Å²) in [5.41, 5.74) is 5.40. The highest BCUT2D eigenvalue weighted by Gasteiger charge is 2.20. The van der Waals surface area contributed by atoms with Gasteiger partial charge in [-0.25, -0.2) is 0 Å². The number of hydrogen-bond acceptors (Lipinski definition) is 8. The number of nitrogens with one attached hydrogen (secondary N) is 2. The predicted molar refractivity (Wildman–Crippen MR) is 89.4 cm³/mol. The fourth-order valence-corrected chi connectivity index (χ4v) is 2.21. The molecule has 0 fully saturated rings. The first-order valence-corrected chi connectivity index (χ1v) is 7.96. The van der Waals surface area contributed by atoms with Crippen LogP contribution in [0.4, 0.5) is 0 Å². The lowest BCUT2D eigenvalue weighted by Gasteiger charge is -2.17. The maximum Gasteiger partial charge on any atom is 0.165 e. The molecular formula is C11H22N3O3PS2. The van der Waals surface area contributed by atoms with Crippen molar-refractivity contribution in [2.75, 3.05) is 18.2 Å². The summed E-state index contributed by atoms with van der Waals surface area (Å²) in [6.45, 7) is 1.92. The van der Waals surface area contributed by atoms with Crippen molar-refractivity contribution in [2.45, 2.75) is 31.5 Å². The van der Waals surface area contributed by atoms with Gasteiger partial charge in [-0.3, -0.25) is 25.0 Å². The summed E-state index contributed by atoms with van der Waals surface area (Å²) in [6.07, 6.45) is -0.214. The molecule has 0 aliphatic heterocycles. The Bertz CT molecular complexity index is 358. The summed E-state index contributed by atoms with van der Waals surface area (Å²) in [5.74, 6) is 0.0189. The third kappa shape index (κ3) is 7.71. The van der Waals surface area contributed by atoms with Gasteiger partial charge in [-0.05, 0) is 6.92 Å². The normalized spacial score (nSPS) is 15.4. The molecule has 0 aliphatic carbocycles. The van der Waals surface area contributed by atoms with E-state index in [1.54, 1.807) is 6.92 Å². The lowest BCUT2D eigenvalue weighted by molar-refractivity contribution is -0.128. The van der Waals surface area contributed by atoms with Crippen molar-refractivity contribution in [2.24, 2.45) is 5.73 Å². The summed E-state index contributed by atoms with van der Waals surface area (Å²) < 4.78 is 0. The average Bonchev–Trinajstić information content (AvgIpc) is 2.41. The number of carbonyl (C=O) groups excluding carboxylic acids is 3. The van der Waals surface area contributed by atoms with E-state index >= 15 is 0 Å². The third-order valence-corrected chi connectivity index (χ3v) is 3.89. The number of rotatable bonds is 11. The second-order valence-corrected chi connectivity index (χ2v) is 5.64. The Morgan fingerprint density at radius 1 is 1.15 bits per heavy atom. The van der Waals surface area contributed by atoms with Crippen LogP contribution >= 0.6 is 34.5 Å². The van der Waals surface area contributed by atoms with Crippen LogP contribution in [0.25, 0.3) is 0 Å². The molecule has 0 bridgehead atoms. The molecule has 4 atom stereocenters. The molecule has 1 unspecified atom stereocenters. The van der Waals surface area contributed by atoms with Gasteiger partial charge < -0.3 is 5.73 Å². The molecule has 9 heteroatoms. The lowest BCUT2D eigenvalue weighted by Crippen LogP contribution is -2.47. The molecule has 0 spiro atoms. The number of hydrogen-bond donors (Lipinski definition) is 5. The molecule has 0 radical (unpaired) electrons. The number of nitrogens with two attached hydrogens (primary N) is 1. The van der Waals surface area contributed by atoms with Gasteiger partial charge in [-0.15, -0.1) is 0 Å². The molecular weight excluding hydrogens is 317 g/mol. The number of thiol groups is 2. The van der Waals surface area contributed by atoms with Gasteiger partial charge in [-0.1, -0.05) is 9.24 Å². The van der Waals surface area contributed by atoms with Crippen LogP contribution in [-0.4, -0.2) is 53.4 Å². The second kappa shape index (κ2) is 10.7. The van der Waals surface area contributed by atoms with Gasteiger partial charge in [0, 0.05) is 18.2 Å². The molecule has 0 saturated carbocycles. The first-order valence-electron chi connectivity index (χ1n) is 6.12. The fourth-order valence-electron chi connectivity index (χ4n) is 1.26. The zero-order valence-corrected chi connectivity index (χ0v) is 14.3. The van der Waals surface area contributed by atoms with Crippen molar-refractivity contribution < 1.29 is 14.4 Å². The first-order chi connectivity index (χ1) is 9.33. The minimum absolute atomic E-state index is 0.101. The van der Waals surface area contributed by atoms with E-state index < -0.39 is 18.1 Å². The molecule has 0 aromatic heterocycles. The zero-order chi connectivity index (χ0) is 15.7. The van der Waals surface area contributed by atoms with Gasteiger partial charge in [0.15, 0.2) is 17.1 Å². The van der Waals surface area contributed by atoms with Gasteiger partial charge in [0.05, 0.1) is 24.5 Å². The molecule has 6 nitrogen and oxygen atoms in total. The Hall–Kier alpha value is 0.0200. The molecule has 4 N–H and O–H groups in total. The molecule has 0 heterocycles. The number of ketones is 2. The van der Waals surface area contributed by atoms with E-state index in [1.165, 1.54) is 0 Å². The topological polar surface area (TPSA) is 101 Å². The Morgan fingerprint density at radius 3 is 2.20 bits per heavy atom. The summed E-state index contributed by atoms with van der Waals surface area (Å²) in [4.78, 5) is 34.4. The monoisotopic (exact) mass is 339 g/mol. The van der Waals surface area contributed by atoms with Gasteiger partial charge in [-0.2, -0.15) is 25.3 Å². The minimum atomic E-state index is -0.712. The maximum absolute atomic E-state index is 11.8. The van der Waals surface area contributed by atoms with E-state index in [1.807, 2.05) is 0 Å². The molecule has 0 aromatic carbocycles. The molecule has 0 saturated heterocycles. The highest BCUT2D eigenvalue weighted by Crippen LogP contribution is 1.98. The standard InChI is InChI=1S/C11H22N3O3PS2/c1-6(9(15)2-10(16)7(12)3-19)13-5-14-8(4-20)11(17)18/h6-8,13-14,19-20H,2-5,12,18H2,1H3/t6-,7-,8-/m0/s1. The Balaban J connectivity index is 4.08. The van der Waals surface area contributed by atoms with Crippen LogP contribution in [0.2, 0.25) is 0 Å². The molecule has 0 aromatic rings. The van der Waals surface area contributed by atoms with Crippen LogP contribution in [0.3, 0.4) is 0 Å². The number of Topliss-reactive ketones (excluding diaryl/α,β-unsaturated/α-hetero) is 2. The summed E-state index contributed by atoms with van der Waals surface area (Å²) >= 11 is 7.96. The molecule has 0 amide bonds. The highest BCUT2D eigenvalue weighted by atomic mass is 32.1. The van der Waals surface area contributed by atoms with Crippen LogP contribution < -0.4 is 16.4 Å². The Kier molecular flexibility index (Phi) is 10.7. The van der Waals surface area contributed by atoms with Crippen LogP contribution in [0, 0.1) is 0 Å². The Labute approximate surface area is 132 Å². The van der Waals surface area contributed by atoms with Crippen LogP contribution in [0.1, 0.15) is 13.3 Å². The van der Waals surface area contributed by atoms with E-state index in [4.69, 9.17) is 5.73 Å². The number of carbonyl (C=O) groups is 3. The predicted octanol–water partition coefficient (Wildman–Crippen LogP) is -1.00. The first kappa shape index (κ1) is 20.0. The molecule has 116 valence electrons. The van der Waals surface area contributed by atoms with Gasteiger partial charge in [0.25, 0.3) is 0 Å². The van der Waals surface area contributed by atoms with E-state index in [-0.39, 0.29) is 35.9 Å². The van der Waals surface area contributed by atoms with Gasteiger partial charge in [0.1, 0.15) is 0 Å². The van der Waals surface area contributed by atoms with Crippen molar-refractivity contribution in [3.05, 3.63) is 0 Å². The quantitative estimate of drug-likeness (QED) is 0.143. The van der Waals surface area contributed by atoms with Crippen LogP contribution in [-0.2, 0) is 14.4 Å². The van der Waals surface area contributed by atoms with Crippen molar-refractivity contribution in [1.82, 2.24) is 10.6 Å². The highest BCUT2D eigenvalue weighted by molar-refractivity contribution is 7.80. The van der Waals surface area contributed by atoms with E-state index in [2.05, 4.69) is 45.1 Å². The van der Waals surface area contributed by atoms with E-state index in [0.29, 0.717) is 5.75 Å². The zero-order valence-electron chi connectivity index (χ0n) is 11.3. The van der Waals surface area contributed by atoms with Crippen LogP contribution in [0.5, 0.6) is 0 Å². The van der Waals surface area contributed by atoms with E-state index in [9.17, 15) is 14.4 Å². The van der Waals surface area contributed by atoms with Crippen molar-refractivity contribution >= 4 is 51.6 Å². The fraction of sp³-hybridized carbons (Fsp3) is 0.727. The summed E-state index contributed by atoms with van der Waals surface area (Å²) in [6, 6.07) is -1.60. The van der Waals surface area contributed by atoms with Gasteiger partial charge >= 0.3 is 0 Å². The summed E-state index contributed by atoms with van der Waals surface area (Å²) in [5, 5.41) is 5.81. The van der Waals surface area contributed by atoms with Crippen molar-refractivity contribution in [1.29, 1.82) is 0 Å². The average molecular weight is 339 g/mol. The Morgan fingerprint density at radius 2 is 1.75 bits per heavy atom. The largest absolute Gasteiger partial charge is 0.321 e. The molecule has 20 heavy (non-hydrogen) atoms. The third-order valence-electron chi connectivity index (χ3n) is 2.72. The van der Waals surface area contributed by atoms with Crippen LogP contribution in [0.15, 0.2) is 0 Å². The van der Waals surface area contributed by atoms with Crippen molar-refractivity contribution in [3.63, 3.8) is 0 Å². The summed E-state index contributed by atoms with van der Waals surface area (Å²) in [7, 11) is 2.08. The lowest BCUT2D eigenvalue weighted by atomic mass is 10.1.